The molecule has 1 aromatic heterocycles. The van der Waals surface area contributed by atoms with Gasteiger partial charge < -0.3 is 9.88 Å². The molecule has 3 aromatic rings. The largest absolute Gasteiger partial charge is 0.350 e. The molecule has 0 aliphatic carbocycles. The minimum atomic E-state index is -0.305. The van der Waals surface area contributed by atoms with E-state index in [0.717, 1.165) is 11.8 Å². The molecule has 4 heteroatoms. The van der Waals surface area contributed by atoms with Gasteiger partial charge >= 0.3 is 0 Å². The average molecular weight is 294 g/mol. The van der Waals surface area contributed by atoms with E-state index in [-0.39, 0.29) is 11.7 Å². The first-order valence-electron chi connectivity index (χ1n) is 7.35. The van der Waals surface area contributed by atoms with Crippen LogP contribution in [0.3, 0.4) is 0 Å². The van der Waals surface area contributed by atoms with E-state index in [2.05, 4.69) is 17.1 Å². The first-order valence-corrected chi connectivity index (χ1v) is 7.35. The Bertz CT molecular complexity index is 868. The minimum absolute atomic E-state index is 0.0360. The Morgan fingerprint density at radius 1 is 1.09 bits per heavy atom. The summed E-state index contributed by atoms with van der Waals surface area (Å²) in [4.78, 5) is 17.5. The lowest BCUT2D eigenvalue weighted by Gasteiger charge is -2.28. The summed E-state index contributed by atoms with van der Waals surface area (Å²) < 4.78 is 13.3. The maximum absolute atomic E-state index is 13.3. The summed E-state index contributed by atoms with van der Waals surface area (Å²) in [5, 5.41) is 0.849. The number of amides is 1. The van der Waals surface area contributed by atoms with Gasteiger partial charge in [-0.25, -0.2) is 4.39 Å². The lowest BCUT2D eigenvalue weighted by Crippen LogP contribution is -2.36. The molecule has 2 aromatic carbocycles. The third-order valence-corrected chi connectivity index (χ3v) is 4.23. The molecule has 4 rings (SSSR count). The van der Waals surface area contributed by atoms with Gasteiger partial charge in [0.1, 0.15) is 11.5 Å². The molecule has 1 amide bonds. The number of rotatable bonds is 1. The molecule has 0 unspecified atom stereocenters. The molecule has 22 heavy (non-hydrogen) atoms. The van der Waals surface area contributed by atoms with Crippen molar-refractivity contribution in [3.63, 3.8) is 0 Å². The van der Waals surface area contributed by atoms with Gasteiger partial charge in [0, 0.05) is 24.0 Å². The number of aromatic nitrogens is 1. The highest BCUT2D eigenvalue weighted by Crippen LogP contribution is 2.22. The van der Waals surface area contributed by atoms with Gasteiger partial charge in [0.15, 0.2) is 0 Å². The molecule has 0 fully saturated rings. The van der Waals surface area contributed by atoms with Crippen molar-refractivity contribution in [3.8, 4) is 0 Å². The van der Waals surface area contributed by atoms with Gasteiger partial charge in [-0.05, 0) is 41.8 Å². The molecule has 0 radical (unpaired) electrons. The van der Waals surface area contributed by atoms with E-state index in [1.807, 2.05) is 17.0 Å². The van der Waals surface area contributed by atoms with Crippen molar-refractivity contribution in [1.29, 1.82) is 0 Å². The van der Waals surface area contributed by atoms with Crippen molar-refractivity contribution in [2.24, 2.45) is 0 Å². The topological polar surface area (TPSA) is 36.1 Å². The predicted molar refractivity (Wildman–Crippen MR) is 83.1 cm³/mol. The zero-order valence-electron chi connectivity index (χ0n) is 12.0. The number of aromatic amines is 1. The van der Waals surface area contributed by atoms with Crippen molar-refractivity contribution in [3.05, 3.63) is 71.2 Å². The second kappa shape index (κ2) is 4.98. The van der Waals surface area contributed by atoms with Gasteiger partial charge in [-0.15, -0.1) is 0 Å². The number of fused-ring (bicyclic) bond motifs is 2. The fraction of sp³-hybridized carbons (Fsp3) is 0.167. The Kier molecular flexibility index (Phi) is 2.96. The first-order chi connectivity index (χ1) is 10.7. The van der Waals surface area contributed by atoms with E-state index in [4.69, 9.17) is 0 Å². The molecule has 0 atom stereocenters. The van der Waals surface area contributed by atoms with E-state index in [9.17, 15) is 9.18 Å². The van der Waals surface area contributed by atoms with Gasteiger partial charge in [-0.3, -0.25) is 4.79 Å². The zero-order valence-corrected chi connectivity index (χ0v) is 12.0. The van der Waals surface area contributed by atoms with Crippen molar-refractivity contribution in [2.45, 2.75) is 13.0 Å². The molecule has 3 nitrogen and oxygen atoms in total. The number of nitrogens with one attached hydrogen (secondary N) is 1. The molecular weight excluding hydrogens is 279 g/mol. The number of nitrogens with zero attached hydrogens (tertiary/aromatic N) is 1. The quantitative estimate of drug-likeness (QED) is 0.732. The monoisotopic (exact) mass is 294 g/mol. The molecule has 1 N–H and O–H groups in total. The van der Waals surface area contributed by atoms with Crippen LogP contribution in [-0.4, -0.2) is 22.3 Å². The summed E-state index contributed by atoms with van der Waals surface area (Å²) >= 11 is 0. The van der Waals surface area contributed by atoms with Gasteiger partial charge in [-0.1, -0.05) is 24.3 Å². The second-order valence-electron chi connectivity index (χ2n) is 5.66. The van der Waals surface area contributed by atoms with E-state index < -0.39 is 0 Å². The van der Waals surface area contributed by atoms with Gasteiger partial charge in [0.2, 0.25) is 0 Å². The summed E-state index contributed by atoms with van der Waals surface area (Å²) in [6.07, 6.45) is 0.872. The number of hydrogen-bond donors (Lipinski definition) is 1. The lowest BCUT2D eigenvalue weighted by molar-refractivity contribution is 0.0729. The summed E-state index contributed by atoms with van der Waals surface area (Å²) in [5.41, 5.74) is 3.68. The van der Waals surface area contributed by atoms with Crippen LogP contribution in [0.1, 0.15) is 21.6 Å². The Labute approximate surface area is 127 Å². The Balaban J connectivity index is 1.64. The Morgan fingerprint density at radius 3 is 2.77 bits per heavy atom. The summed E-state index contributed by atoms with van der Waals surface area (Å²) in [7, 11) is 0. The maximum Gasteiger partial charge on any atom is 0.270 e. The van der Waals surface area contributed by atoms with Crippen LogP contribution >= 0.6 is 0 Å². The third-order valence-electron chi connectivity index (χ3n) is 4.23. The van der Waals surface area contributed by atoms with Gasteiger partial charge in [-0.2, -0.15) is 0 Å². The van der Waals surface area contributed by atoms with Gasteiger partial charge in [0.25, 0.3) is 5.91 Å². The molecule has 2 heterocycles. The molecule has 0 saturated heterocycles. The molecule has 0 bridgehead atoms. The van der Waals surface area contributed by atoms with Crippen LogP contribution in [-0.2, 0) is 13.0 Å². The predicted octanol–water partition coefficient (Wildman–Crippen LogP) is 3.51. The van der Waals surface area contributed by atoms with Crippen molar-refractivity contribution < 1.29 is 9.18 Å². The molecular formula is C18H15FN2O. The van der Waals surface area contributed by atoms with Crippen LogP contribution in [0.5, 0.6) is 0 Å². The molecule has 0 saturated carbocycles. The highest BCUT2D eigenvalue weighted by Gasteiger charge is 2.22. The highest BCUT2D eigenvalue weighted by atomic mass is 19.1. The van der Waals surface area contributed by atoms with Crippen LogP contribution in [0.2, 0.25) is 0 Å². The number of halogens is 1. The molecule has 1 aliphatic rings. The number of benzene rings is 2. The lowest BCUT2D eigenvalue weighted by atomic mass is 10.00. The average Bonchev–Trinajstić information content (AvgIpc) is 2.96. The highest BCUT2D eigenvalue weighted by molar-refractivity contribution is 5.98. The van der Waals surface area contributed by atoms with Crippen molar-refractivity contribution in [1.82, 2.24) is 9.88 Å². The molecule has 0 spiro atoms. The van der Waals surface area contributed by atoms with Crippen LogP contribution in [0.25, 0.3) is 10.9 Å². The third kappa shape index (κ3) is 2.17. The number of hydrogen-bond acceptors (Lipinski definition) is 1. The number of carbonyl (C=O) groups is 1. The van der Waals surface area contributed by atoms with Crippen LogP contribution in [0.4, 0.5) is 4.39 Å². The Morgan fingerprint density at radius 2 is 1.91 bits per heavy atom. The standard InChI is InChI=1S/C18H15FN2O/c19-15-6-5-13-9-17(20-16(13)10-15)18(22)21-8-7-12-3-1-2-4-14(12)11-21/h1-6,9-10,20H,7-8,11H2. The normalized spacial score (nSPS) is 14.1. The number of carbonyl (C=O) groups excluding carboxylic acids is 1. The second-order valence-corrected chi connectivity index (χ2v) is 5.66. The smallest absolute Gasteiger partial charge is 0.270 e. The summed E-state index contributed by atoms with van der Waals surface area (Å²) in [5.74, 6) is -0.341. The zero-order chi connectivity index (χ0) is 15.1. The number of H-pyrrole nitrogens is 1. The fourth-order valence-corrected chi connectivity index (χ4v) is 3.05. The van der Waals surface area contributed by atoms with Crippen LogP contribution in [0.15, 0.2) is 48.5 Å². The minimum Gasteiger partial charge on any atom is -0.350 e. The molecule has 110 valence electrons. The summed E-state index contributed by atoms with van der Waals surface area (Å²) in [6, 6.07) is 14.5. The van der Waals surface area contributed by atoms with Gasteiger partial charge in [0.05, 0.1) is 0 Å². The van der Waals surface area contributed by atoms with E-state index in [1.165, 1.54) is 23.3 Å². The van der Waals surface area contributed by atoms with E-state index in [1.54, 1.807) is 12.1 Å². The van der Waals surface area contributed by atoms with Crippen LogP contribution in [0, 0.1) is 5.82 Å². The first kappa shape index (κ1) is 13.1. The van der Waals surface area contributed by atoms with Crippen LogP contribution < -0.4 is 0 Å². The summed E-state index contributed by atoms with van der Waals surface area (Å²) in [6.45, 7) is 1.33. The molecule has 1 aliphatic heterocycles. The Hall–Kier alpha value is -2.62. The fourth-order valence-electron chi connectivity index (χ4n) is 3.05. The van der Waals surface area contributed by atoms with Crippen molar-refractivity contribution in [2.75, 3.05) is 6.54 Å². The van der Waals surface area contributed by atoms with Crippen molar-refractivity contribution >= 4 is 16.8 Å². The SMILES string of the molecule is O=C(c1cc2ccc(F)cc2[nH]1)N1CCc2ccccc2C1. The van der Waals surface area contributed by atoms with E-state index >= 15 is 0 Å². The van der Waals surface area contributed by atoms with E-state index in [0.29, 0.717) is 24.3 Å². The maximum atomic E-state index is 13.3.